The SMILES string of the molecule is CC(C)(C)OC1[C@@H](OC(C)(C)C)CN(C(C)(C)C)C[C@H]1OC(C)(C)C. The molecule has 0 bridgehead atoms. The molecule has 25 heavy (non-hydrogen) atoms. The predicted molar refractivity (Wildman–Crippen MR) is 105 cm³/mol. The molecule has 1 aliphatic heterocycles. The Labute approximate surface area is 156 Å². The molecule has 3 atom stereocenters. The predicted octanol–water partition coefficient (Wildman–Crippen LogP) is 4.65. The fraction of sp³-hybridized carbons (Fsp3) is 1.00. The number of hydrogen-bond acceptors (Lipinski definition) is 4. The fourth-order valence-corrected chi connectivity index (χ4v) is 3.18. The molecule has 4 nitrogen and oxygen atoms in total. The van der Waals surface area contributed by atoms with Crippen molar-refractivity contribution in [2.45, 2.75) is 124 Å². The van der Waals surface area contributed by atoms with E-state index in [2.05, 4.69) is 88.0 Å². The average molecular weight is 358 g/mol. The quantitative estimate of drug-likeness (QED) is 0.735. The van der Waals surface area contributed by atoms with Gasteiger partial charge in [-0.2, -0.15) is 0 Å². The lowest BCUT2D eigenvalue weighted by Gasteiger charge is -2.51. The Balaban J connectivity index is 3.19. The molecule has 0 amide bonds. The Morgan fingerprint density at radius 1 is 0.560 bits per heavy atom. The van der Waals surface area contributed by atoms with Crippen molar-refractivity contribution in [3.8, 4) is 0 Å². The molecular weight excluding hydrogens is 314 g/mol. The maximum atomic E-state index is 6.48. The maximum absolute atomic E-state index is 6.48. The van der Waals surface area contributed by atoms with Crippen LogP contribution < -0.4 is 0 Å². The van der Waals surface area contributed by atoms with Crippen LogP contribution in [0.4, 0.5) is 0 Å². The first-order chi connectivity index (χ1) is 10.9. The van der Waals surface area contributed by atoms with Gasteiger partial charge in [0.1, 0.15) is 6.10 Å². The minimum absolute atomic E-state index is 0.0282. The van der Waals surface area contributed by atoms with Gasteiger partial charge < -0.3 is 14.2 Å². The first-order valence-electron chi connectivity index (χ1n) is 9.66. The average Bonchev–Trinajstić information content (AvgIpc) is 2.26. The number of ether oxygens (including phenoxy) is 3. The summed E-state index contributed by atoms with van der Waals surface area (Å²) in [6.07, 6.45) is -0.142. The van der Waals surface area contributed by atoms with Gasteiger partial charge in [0.15, 0.2) is 0 Å². The Bertz CT molecular complexity index is 394. The van der Waals surface area contributed by atoms with Gasteiger partial charge in [-0.05, 0) is 83.1 Å². The van der Waals surface area contributed by atoms with Crippen LogP contribution in [0, 0.1) is 0 Å². The van der Waals surface area contributed by atoms with Crippen LogP contribution >= 0.6 is 0 Å². The van der Waals surface area contributed by atoms with Crippen LogP contribution in [0.1, 0.15) is 83.1 Å². The minimum Gasteiger partial charge on any atom is -0.368 e. The number of likely N-dealkylation sites (tertiary alicyclic amines) is 1. The lowest BCUT2D eigenvalue weighted by atomic mass is 9.93. The van der Waals surface area contributed by atoms with E-state index in [1.165, 1.54) is 0 Å². The Hall–Kier alpha value is -0.160. The van der Waals surface area contributed by atoms with Crippen LogP contribution in [0.15, 0.2) is 0 Å². The van der Waals surface area contributed by atoms with Gasteiger partial charge in [0.05, 0.1) is 29.0 Å². The van der Waals surface area contributed by atoms with Crippen molar-refractivity contribution in [3.05, 3.63) is 0 Å². The van der Waals surface area contributed by atoms with Gasteiger partial charge in [0.25, 0.3) is 0 Å². The molecule has 0 radical (unpaired) electrons. The standard InChI is InChI=1S/C21H43NO3/c1-18(2,3)22-13-15(23-19(4,5)6)17(25-21(10,11)12)16(14-22)24-20(7,8)9/h15-17H,13-14H2,1-12H3/t15-,16+,17?. The first-order valence-corrected chi connectivity index (χ1v) is 9.66. The van der Waals surface area contributed by atoms with Gasteiger partial charge >= 0.3 is 0 Å². The minimum atomic E-state index is -0.243. The van der Waals surface area contributed by atoms with Gasteiger partial charge in [0, 0.05) is 18.6 Å². The third-order valence-electron chi connectivity index (χ3n) is 3.98. The van der Waals surface area contributed by atoms with Crippen molar-refractivity contribution in [2.75, 3.05) is 13.1 Å². The highest BCUT2D eigenvalue weighted by atomic mass is 16.6. The third-order valence-corrected chi connectivity index (χ3v) is 3.98. The molecule has 1 saturated heterocycles. The van der Waals surface area contributed by atoms with Gasteiger partial charge in [-0.3, -0.25) is 4.90 Å². The van der Waals surface area contributed by atoms with Crippen LogP contribution in [-0.4, -0.2) is 58.6 Å². The molecule has 1 heterocycles. The van der Waals surface area contributed by atoms with E-state index in [0.29, 0.717) is 0 Å². The number of rotatable bonds is 3. The largest absolute Gasteiger partial charge is 0.368 e. The zero-order valence-corrected chi connectivity index (χ0v) is 18.8. The number of hydrogen-bond donors (Lipinski definition) is 0. The highest BCUT2D eigenvalue weighted by Gasteiger charge is 2.46. The lowest BCUT2D eigenvalue weighted by molar-refractivity contribution is -0.247. The molecule has 1 aliphatic rings. The molecule has 150 valence electrons. The third kappa shape index (κ3) is 8.38. The summed E-state index contributed by atoms with van der Waals surface area (Å²) in [5.41, 5.74) is -0.631. The second kappa shape index (κ2) is 7.46. The Morgan fingerprint density at radius 3 is 1.12 bits per heavy atom. The van der Waals surface area contributed by atoms with E-state index >= 15 is 0 Å². The topological polar surface area (TPSA) is 30.9 Å². The molecule has 1 unspecified atom stereocenters. The van der Waals surface area contributed by atoms with Crippen LogP contribution in [0.2, 0.25) is 0 Å². The van der Waals surface area contributed by atoms with Crippen LogP contribution in [-0.2, 0) is 14.2 Å². The van der Waals surface area contributed by atoms with Crippen molar-refractivity contribution in [3.63, 3.8) is 0 Å². The highest BCUT2D eigenvalue weighted by Crippen LogP contribution is 2.32. The smallest absolute Gasteiger partial charge is 0.113 e. The molecule has 0 aliphatic carbocycles. The van der Waals surface area contributed by atoms with E-state index in [1.54, 1.807) is 0 Å². The van der Waals surface area contributed by atoms with Gasteiger partial charge in [-0.15, -0.1) is 0 Å². The van der Waals surface area contributed by atoms with E-state index in [9.17, 15) is 0 Å². The van der Waals surface area contributed by atoms with Crippen molar-refractivity contribution in [1.29, 1.82) is 0 Å². The van der Waals surface area contributed by atoms with Gasteiger partial charge in [0.2, 0.25) is 0 Å². The monoisotopic (exact) mass is 357 g/mol. The molecule has 0 aromatic carbocycles. The van der Waals surface area contributed by atoms with Crippen molar-refractivity contribution < 1.29 is 14.2 Å². The summed E-state index contributed by atoms with van der Waals surface area (Å²) in [7, 11) is 0. The summed E-state index contributed by atoms with van der Waals surface area (Å²) in [5.74, 6) is 0. The van der Waals surface area contributed by atoms with Crippen LogP contribution in [0.3, 0.4) is 0 Å². The summed E-state index contributed by atoms with van der Waals surface area (Å²) < 4.78 is 19.4. The molecule has 1 rings (SSSR count). The maximum Gasteiger partial charge on any atom is 0.113 e. The first kappa shape index (κ1) is 22.9. The molecule has 0 N–H and O–H groups in total. The lowest BCUT2D eigenvalue weighted by Crippen LogP contribution is -2.64. The van der Waals surface area contributed by atoms with Gasteiger partial charge in [-0.1, -0.05) is 0 Å². The molecule has 0 aromatic rings. The van der Waals surface area contributed by atoms with Crippen LogP contribution in [0.5, 0.6) is 0 Å². The molecular formula is C21H43NO3. The summed E-state index contributed by atoms with van der Waals surface area (Å²) in [6.45, 7) is 27.4. The fourth-order valence-electron chi connectivity index (χ4n) is 3.18. The second-order valence-corrected chi connectivity index (χ2v) is 11.3. The molecule has 0 aromatic heterocycles. The highest BCUT2D eigenvalue weighted by molar-refractivity contribution is 4.96. The van der Waals surface area contributed by atoms with Gasteiger partial charge in [-0.25, -0.2) is 0 Å². The van der Waals surface area contributed by atoms with Crippen molar-refractivity contribution in [1.82, 2.24) is 4.90 Å². The Morgan fingerprint density at radius 2 is 0.880 bits per heavy atom. The summed E-state index contributed by atoms with van der Waals surface area (Å²) in [6, 6.07) is 0. The zero-order valence-electron chi connectivity index (χ0n) is 18.8. The van der Waals surface area contributed by atoms with E-state index in [4.69, 9.17) is 14.2 Å². The summed E-state index contributed by atoms with van der Waals surface area (Å²) >= 11 is 0. The van der Waals surface area contributed by atoms with E-state index in [0.717, 1.165) is 13.1 Å². The molecule has 4 heteroatoms. The van der Waals surface area contributed by atoms with E-state index < -0.39 is 0 Å². The zero-order chi connectivity index (χ0) is 19.8. The van der Waals surface area contributed by atoms with Crippen molar-refractivity contribution in [2.24, 2.45) is 0 Å². The van der Waals surface area contributed by atoms with E-state index in [-0.39, 0.29) is 40.7 Å². The molecule has 0 saturated carbocycles. The molecule has 0 spiro atoms. The normalized spacial score (nSPS) is 27.6. The molecule has 1 fully saturated rings. The summed E-state index contributed by atoms with van der Waals surface area (Å²) in [4.78, 5) is 2.46. The van der Waals surface area contributed by atoms with Crippen LogP contribution in [0.25, 0.3) is 0 Å². The van der Waals surface area contributed by atoms with Crippen molar-refractivity contribution >= 4 is 0 Å². The Kier molecular flexibility index (Phi) is 6.82. The number of piperidine rings is 1. The second-order valence-electron chi connectivity index (χ2n) is 11.3. The number of nitrogens with zero attached hydrogens (tertiary/aromatic N) is 1. The summed E-state index contributed by atoms with van der Waals surface area (Å²) in [5, 5.41) is 0. The van der Waals surface area contributed by atoms with E-state index in [1.807, 2.05) is 0 Å².